The standard InChI is InChI=1S/C16H24N2O2/c1-11-5-6-18(9-14(11)8-17)12(2)13-3-4-15-16(7-13)20-10-19-15/h3-4,7,11-12,14H,5-6,8-10,17H2,1-2H3. The summed E-state index contributed by atoms with van der Waals surface area (Å²) in [6.07, 6.45) is 1.23. The average molecular weight is 276 g/mol. The zero-order chi connectivity index (χ0) is 14.1. The first-order valence-corrected chi connectivity index (χ1v) is 7.52. The Morgan fingerprint density at radius 3 is 2.95 bits per heavy atom. The molecule has 1 saturated heterocycles. The van der Waals surface area contributed by atoms with Gasteiger partial charge in [-0.25, -0.2) is 0 Å². The Labute approximate surface area is 120 Å². The van der Waals surface area contributed by atoms with Crippen LogP contribution >= 0.6 is 0 Å². The molecule has 0 saturated carbocycles. The van der Waals surface area contributed by atoms with Gasteiger partial charge in [0.05, 0.1) is 0 Å². The molecule has 2 heterocycles. The number of fused-ring (bicyclic) bond motifs is 1. The molecule has 1 aromatic rings. The Bertz CT molecular complexity index is 478. The zero-order valence-corrected chi connectivity index (χ0v) is 12.3. The van der Waals surface area contributed by atoms with E-state index >= 15 is 0 Å². The quantitative estimate of drug-likeness (QED) is 0.921. The van der Waals surface area contributed by atoms with Gasteiger partial charge in [-0.05, 0) is 56.0 Å². The van der Waals surface area contributed by atoms with Crippen LogP contribution in [0.5, 0.6) is 11.5 Å². The smallest absolute Gasteiger partial charge is 0.231 e. The number of hydrogen-bond acceptors (Lipinski definition) is 4. The number of rotatable bonds is 3. The summed E-state index contributed by atoms with van der Waals surface area (Å²) in [5, 5.41) is 0. The van der Waals surface area contributed by atoms with Crippen molar-refractivity contribution < 1.29 is 9.47 Å². The van der Waals surface area contributed by atoms with Gasteiger partial charge < -0.3 is 15.2 Å². The van der Waals surface area contributed by atoms with E-state index in [0.717, 1.165) is 37.1 Å². The molecule has 0 aromatic heterocycles. The first kappa shape index (κ1) is 13.7. The predicted octanol–water partition coefficient (Wildman–Crippen LogP) is 2.39. The van der Waals surface area contributed by atoms with E-state index in [0.29, 0.717) is 18.8 Å². The maximum Gasteiger partial charge on any atom is 0.231 e. The van der Waals surface area contributed by atoms with Crippen molar-refractivity contribution in [1.82, 2.24) is 4.90 Å². The fraction of sp³-hybridized carbons (Fsp3) is 0.625. The summed E-state index contributed by atoms with van der Waals surface area (Å²) in [6.45, 7) is 7.94. The van der Waals surface area contributed by atoms with Crippen LogP contribution in [0.3, 0.4) is 0 Å². The number of ether oxygens (including phenoxy) is 2. The molecule has 2 aliphatic heterocycles. The molecular weight excluding hydrogens is 252 g/mol. The van der Waals surface area contributed by atoms with E-state index in [9.17, 15) is 0 Å². The van der Waals surface area contributed by atoms with Gasteiger partial charge >= 0.3 is 0 Å². The van der Waals surface area contributed by atoms with Crippen LogP contribution in [0.4, 0.5) is 0 Å². The second kappa shape index (κ2) is 5.62. The number of hydrogen-bond donors (Lipinski definition) is 1. The maximum absolute atomic E-state index is 5.91. The highest BCUT2D eigenvalue weighted by Gasteiger charge is 2.28. The Morgan fingerprint density at radius 1 is 1.35 bits per heavy atom. The summed E-state index contributed by atoms with van der Waals surface area (Å²) in [6, 6.07) is 6.67. The molecule has 2 N–H and O–H groups in total. The third kappa shape index (κ3) is 2.50. The molecule has 0 bridgehead atoms. The number of benzene rings is 1. The molecule has 1 fully saturated rings. The number of piperidine rings is 1. The van der Waals surface area contributed by atoms with Gasteiger partial charge in [-0.15, -0.1) is 0 Å². The molecule has 4 nitrogen and oxygen atoms in total. The van der Waals surface area contributed by atoms with Gasteiger partial charge in [-0.3, -0.25) is 4.90 Å². The van der Waals surface area contributed by atoms with Crippen LogP contribution in [-0.2, 0) is 0 Å². The van der Waals surface area contributed by atoms with E-state index in [2.05, 4.69) is 30.9 Å². The van der Waals surface area contributed by atoms with E-state index < -0.39 is 0 Å². The molecule has 0 amide bonds. The van der Waals surface area contributed by atoms with Gasteiger partial charge in [0.1, 0.15) is 0 Å². The number of nitrogens with two attached hydrogens (primary N) is 1. The normalized spacial score (nSPS) is 27.6. The molecule has 3 rings (SSSR count). The van der Waals surface area contributed by atoms with Crippen LogP contribution in [0.2, 0.25) is 0 Å². The van der Waals surface area contributed by atoms with Crippen LogP contribution in [-0.4, -0.2) is 31.3 Å². The van der Waals surface area contributed by atoms with E-state index in [-0.39, 0.29) is 0 Å². The molecule has 0 radical (unpaired) electrons. The lowest BCUT2D eigenvalue weighted by atomic mass is 9.86. The summed E-state index contributed by atoms with van der Waals surface area (Å²) in [7, 11) is 0. The summed E-state index contributed by atoms with van der Waals surface area (Å²) in [5.74, 6) is 3.07. The Balaban J connectivity index is 1.73. The number of likely N-dealkylation sites (tertiary alicyclic amines) is 1. The van der Waals surface area contributed by atoms with E-state index in [1.54, 1.807) is 0 Å². The molecule has 0 spiro atoms. The highest BCUT2D eigenvalue weighted by Crippen LogP contribution is 2.36. The first-order valence-electron chi connectivity index (χ1n) is 7.52. The Morgan fingerprint density at radius 2 is 2.15 bits per heavy atom. The van der Waals surface area contributed by atoms with Crippen molar-refractivity contribution >= 4 is 0 Å². The fourth-order valence-electron chi connectivity index (χ4n) is 3.22. The third-order valence-corrected chi connectivity index (χ3v) is 4.87. The predicted molar refractivity (Wildman–Crippen MR) is 78.9 cm³/mol. The molecule has 3 atom stereocenters. The SMILES string of the molecule is CC1CCN(C(C)c2ccc3c(c2)OCO3)CC1CN. The van der Waals surface area contributed by atoms with Gasteiger partial charge in [-0.2, -0.15) is 0 Å². The zero-order valence-electron chi connectivity index (χ0n) is 12.3. The Kier molecular flexibility index (Phi) is 3.85. The lowest BCUT2D eigenvalue weighted by molar-refractivity contribution is 0.0977. The molecule has 4 heteroatoms. The molecule has 1 aromatic carbocycles. The van der Waals surface area contributed by atoms with Gasteiger partial charge in [0.25, 0.3) is 0 Å². The lowest BCUT2D eigenvalue weighted by Gasteiger charge is -2.40. The Hall–Kier alpha value is -1.26. The van der Waals surface area contributed by atoms with Crippen molar-refractivity contribution in [3.8, 4) is 11.5 Å². The maximum atomic E-state index is 5.91. The number of nitrogens with zero attached hydrogens (tertiary/aromatic N) is 1. The van der Waals surface area contributed by atoms with Crippen LogP contribution in [0.1, 0.15) is 31.9 Å². The molecule has 2 aliphatic rings. The first-order chi connectivity index (χ1) is 9.69. The second-order valence-corrected chi connectivity index (χ2v) is 6.05. The van der Waals surface area contributed by atoms with Gasteiger partial charge in [0.2, 0.25) is 6.79 Å². The summed E-state index contributed by atoms with van der Waals surface area (Å²) >= 11 is 0. The molecule has 110 valence electrons. The van der Waals surface area contributed by atoms with Crippen LogP contribution < -0.4 is 15.2 Å². The molecule has 20 heavy (non-hydrogen) atoms. The van der Waals surface area contributed by atoms with E-state index in [4.69, 9.17) is 15.2 Å². The van der Waals surface area contributed by atoms with Crippen molar-refractivity contribution in [1.29, 1.82) is 0 Å². The molecular formula is C16H24N2O2. The second-order valence-electron chi connectivity index (χ2n) is 6.05. The molecule has 3 unspecified atom stereocenters. The summed E-state index contributed by atoms with van der Waals surface area (Å²) in [5.41, 5.74) is 7.20. The van der Waals surface area contributed by atoms with Gasteiger partial charge in [0, 0.05) is 12.6 Å². The highest BCUT2D eigenvalue weighted by atomic mass is 16.7. The van der Waals surface area contributed by atoms with Crippen molar-refractivity contribution in [2.75, 3.05) is 26.4 Å². The van der Waals surface area contributed by atoms with Crippen LogP contribution in [0.15, 0.2) is 18.2 Å². The van der Waals surface area contributed by atoms with Crippen molar-refractivity contribution in [2.24, 2.45) is 17.6 Å². The fourth-order valence-corrected chi connectivity index (χ4v) is 3.22. The highest BCUT2D eigenvalue weighted by molar-refractivity contribution is 5.45. The summed E-state index contributed by atoms with van der Waals surface area (Å²) in [4.78, 5) is 2.54. The van der Waals surface area contributed by atoms with Crippen molar-refractivity contribution in [3.05, 3.63) is 23.8 Å². The van der Waals surface area contributed by atoms with Gasteiger partial charge in [-0.1, -0.05) is 13.0 Å². The van der Waals surface area contributed by atoms with Crippen LogP contribution in [0, 0.1) is 11.8 Å². The average Bonchev–Trinajstić information content (AvgIpc) is 2.94. The molecule has 0 aliphatic carbocycles. The monoisotopic (exact) mass is 276 g/mol. The van der Waals surface area contributed by atoms with Gasteiger partial charge in [0.15, 0.2) is 11.5 Å². The minimum atomic E-state index is 0.337. The third-order valence-electron chi connectivity index (χ3n) is 4.87. The van der Waals surface area contributed by atoms with Crippen LogP contribution in [0.25, 0.3) is 0 Å². The summed E-state index contributed by atoms with van der Waals surface area (Å²) < 4.78 is 10.9. The van der Waals surface area contributed by atoms with E-state index in [1.807, 2.05) is 6.07 Å². The lowest BCUT2D eigenvalue weighted by Crippen LogP contribution is -2.43. The topological polar surface area (TPSA) is 47.7 Å². The minimum absolute atomic E-state index is 0.337. The van der Waals surface area contributed by atoms with Crippen molar-refractivity contribution in [2.45, 2.75) is 26.3 Å². The minimum Gasteiger partial charge on any atom is -0.454 e. The van der Waals surface area contributed by atoms with Crippen molar-refractivity contribution in [3.63, 3.8) is 0 Å². The van der Waals surface area contributed by atoms with E-state index in [1.165, 1.54) is 12.0 Å². The largest absolute Gasteiger partial charge is 0.454 e.